The van der Waals surface area contributed by atoms with Crippen molar-refractivity contribution in [1.82, 2.24) is 5.32 Å². The molecule has 0 aliphatic heterocycles. The van der Waals surface area contributed by atoms with Crippen molar-refractivity contribution in [3.63, 3.8) is 0 Å². The highest BCUT2D eigenvalue weighted by Crippen LogP contribution is 2.21. The molecule has 3 aromatic rings. The second-order valence-electron chi connectivity index (χ2n) is 6.20. The first-order chi connectivity index (χ1) is 14.0. The Bertz CT molecular complexity index is 1030. The van der Waals surface area contributed by atoms with Crippen LogP contribution in [0, 0.1) is 12.7 Å². The Balaban J connectivity index is 1.62. The molecule has 0 bridgehead atoms. The van der Waals surface area contributed by atoms with Crippen LogP contribution in [-0.2, 0) is 6.54 Å². The summed E-state index contributed by atoms with van der Waals surface area (Å²) in [5.41, 5.74) is 1.44. The van der Waals surface area contributed by atoms with E-state index >= 15 is 0 Å². The van der Waals surface area contributed by atoms with E-state index in [-0.39, 0.29) is 12.2 Å². The van der Waals surface area contributed by atoms with E-state index in [1.165, 1.54) is 24.5 Å². The van der Waals surface area contributed by atoms with Crippen molar-refractivity contribution in [2.45, 2.75) is 13.5 Å². The summed E-state index contributed by atoms with van der Waals surface area (Å²) in [6.45, 7) is 1.92. The summed E-state index contributed by atoms with van der Waals surface area (Å²) >= 11 is 0. The van der Waals surface area contributed by atoms with Crippen LogP contribution in [0.1, 0.15) is 21.7 Å². The number of nitrogens with one attached hydrogen (secondary N) is 3. The highest BCUT2D eigenvalue weighted by Gasteiger charge is 2.14. The number of methoxy groups -OCH3 is 1. The van der Waals surface area contributed by atoms with Gasteiger partial charge in [0.05, 0.1) is 24.6 Å². The third-order valence-corrected chi connectivity index (χ3v) is 4.16. The van der Waals surface area contributed by atoms with E-state index in [2.05, 4.69) is 16.0 Å². The maximum absolute atomic E-state index is 14.1. The Kier molecular flexibility index (Phi) is 6.13. The van der Waals surface area contributed by atoms with Crippen LogP contribution in [-0.4, -0.2) is 19.0 Å². The fourth-order valence-corrected chi connectivity index (χ4v) is 2.65. The normalized spacial score (nSPS) is 10.3. The number of benzene rings is 2. The van der Waals surface area contributed by atoms with Crippen LogP contribution in [0.3, 0.4) is 0 Å². The number of hydrogen-bond acceptors (Lipinski definition) is 4. The van der Waals surface area contributed by atoms with Crippen molar-refractivity contribution in [2.75, 3.05) is 17.7 Å². The monoisotopic (exact) mass is 397 g/mol. The Morgan fingerprint density at radius 3 is 2.66 bits per heavy atom. The highest BCUT2D eigenvalue weighted by atomic mass is 19.1. The fraction of sp³-hybridized carbons (Fsp3) is 0.143. The molecule has 29 heavy (non-hydrogen) atoms. The number of halogens is 1. The summed E-state index contributed by atoms with van der Waals surface area (Å²) in [6, 6.07) is 12.2. The van der Waals surface area contributed by atoms with Crippen molar-refractivity contribution >= 4 is 23.3 Å². The molecule has 0 spiro atoms. The number of ether oxygens (including phenoxy) is 1. The summed E-state index contributed by atoms with van der Waals surface area (Å²) in [5.74, 6) is -0.0118. The number of amides is 3. The third kappa shape index (κ3) is 5.13. The molecule has 3 rings (SSSR count). The summed E-state index contributed by atoms with van der Waals surface area (Å²) in [4.78, 5) is 24.4. The molecule has 2 aromatic carbocycles. The van der Waals surface area contributed by atoms with Gasteiger partial charge in [0.1, 0.15) is 17.3 Å². The highest BCUT2D eigenvalue weighted by molar-refractivity contribution is 6.05. The second kappa shape index (κ2) is 8.92. The molecule has 0 atom stereocenters. The topological polar surface area (TPSA) is 92.6 Å². The van der Waals surface area contributed by atoms with Gasteiger partial charge in [-0.1, -0.05) is 12.1 Å². The summed E-state index contributed by atoms with van der Waals surface area (Å²) in [6.07, 6.45) is 1.38. The zero-order valence-corrected chi connectivity index (χ0v) is 15.9. The van der Waals surface area contributed by atoms with Gasteiger partial charge in [0, 0.05) is 12.2 Å². The molecule has 0 saturated heterocycles. The summed E-state index contributed by atoms with van der Waals surface area (Å²) in [5, 5.41) is 7.79. The number of furan rings is 1. The molecule has 7 nitrogen and oxygen atoms in total. The number of carbonyl (C=O) groups excluding carboxylic acids is 2. The van der Waals surface area contributed by atoms with Gasteiger partial charge in [0.15, 0.2) is 0 Å². The van der Waals surface area contributed by atoms with Crippen LogP contribution >= 0.6 is 0 Å². The van der Waals surface area contributed by atoms with Crippen LogP contribution in [0.15, 0.2) is 59.2 Å². The van der Waals surface area contributed by atoms with Crippen LogP contribution in [0.25, 0.3) is 0 Å². The number of urea groups is 1. The van der Waals surface area contributed by atoms with E-state index in [4.69, 9.17) is 9.15 Å². The van der Waals surface area contributed by atoms with Crippen LogP contribution < -0.4 is 20.7 Å². The Morgan fingerprint density at radius 1 is 1.10 bits per heavy atom. The predicted molar refractivity (Wildman–Crippen MR) is 107 cm³/mol. The molecule has 0 aliphatic carbocycles. The van der Waals surface area contributed by atoms with Crippen LogP contribution in [0.5, 0.6) is 5.75 Å². The predicted octanol–water partition coefficient (Wildman–Crippen LogP) is 4.31. The van der Waals surface area contributed by atoms with Crippen molar-refractivity contribution in [2.24, 2.45) is 0 Å². The smallest absolute Gasteiger partial charge is 0.319 e. The average molecular weight is 397 g/mol. The molecule has 8 heteroatoms. The first kappa shape index (κ1) is 19.9. The Morgan fingerprint density at radius 2 is 1.93 bits per heavy atom. The first-order valence-electron chi connectivity index (χ1n) is 8.79. The lowest BCUT2D eigenvalue weighted by Crippen LogP contribution is -2.28. The lowest BCUT2D eigenvalue weighted by Gasteiger charge is -2.11. The maximum atomic E-state index is 14.1. The van der Waals surface area contributed by atoms with Gasteiger partial charge in [-0.2, -0.15) is 0 Å². The second-order valence-corrected chi connectivity index (χ2v) is 6.20. The molecule has 0 unspecified atom stereocenters. The standard InChI is InChI=1S/C21H20FN3O4/c1-13-17(8-9-29-13)20(26)25-19-11-15(6-7-18(19)22)24-21(27)23-12-14-4-3-5-16(10-14)28-2/h3-11H,12H2,1-2H3,(H,25,26)(H2,23,24,27). The van der Waals surface area contributed by atoms with Gasteiger partial charge in [-0.15, -0.1) is 0 Å². The quantitative estimate of drug-likeness (QED) is 0.578. The fourth-order valence-electron chi connectivity index (χ4n) is 2.65. The molecule has 0 saturated carbocycles. The SMILES string of the molecule is COc1cccc(CNC(=O)Nc2ccc(F)c(NC(=O)c3ccoc3C)c2)c1. The number of hydrogen-bond donors (Lipinski definition) is 3. The minimum atomic E-state index is -0.623. The molecule has 0 aliphatic rings. The number of aryl methyl sites for hydroxylation is 1. The van der Waals surface area contributed by atoms with Gasteiger partial charge in [-0.25, -0.2) is 9.18 Å². The van der Waals surface area contributed by atoms with Gasteiger partial charge >= 0.3 is 6.03 Å². The molecule has 0 radical (unpaired) electrons. The largest absolute Gasteiger partial charge is 0.497 e. The number of rotatable bonds is 6. The van der Waals surface area contributed by atoms with E-state index in [1.54, 1.807) is 14.0 Å². The first-order valence-corrected chi connectivity index (χ1v) is 8.79. The number of carbonyl (C=O) groups is 2. The number of anilines is 2. The van der Waals surface area contributed by atoms with Gasteiger partial charge in [-0.3, -0.25) is 4.79 Å². The third-order valence-electron chi connectivity index (χ3n) is 4.16. The molecule has 1 aromatic heterocycles. The molecule has 0 fully saturated rings. The van der Waals surface area contributed by atoms with Crippen molar-refractivity contribution in [1.29, 1.82) is 0 Å². The van der Waals surface area contributed by atoms with Gasteiger partial charge in [0.2, 0.25) is 0 Å². The molecular formula is C21H20FN3O4. The zero-order valence-electron chi connectivity index (χ0n) is 15.9. The van der Waals surface area contributed by atoms with Crippen molar-refractivity contribution in [3.8, 4) is 5.75 Å². The van der Waals surface area contributed by atoms with E-state index in [9.17, 15) is 14.0 Å². The lowest BCUT2D eigenvalue weighted by atomic mass is 10.2. The van der Waals surface area contributed by atoms with E-state index in [0.29, 0.717) is 22.8 Å². The van der Waals surface area contributed by atoms with Crippen LogP contribution in [0.4, 0.5) is 20.6 Å². The molecule has 1 heterocycles. The molecular weight excluding hydrogens is 377 g/mol. The minimum Gasteiger partial charge on any atom is -0.497 e. The van der Waals surface area contributed by atoms with Crippen molar-refractivity contribution in [3.05, 3.63) is 77.5 Å². The van der Waals surface area contributed by atoms with Crippen molar-refractivity contribution < 1.29 is 23.1 Å². The maximum Gasteiger partial charge on any atom is 0.319 e. The molecule has 3 amide bonds. The van der Waals surface area contributed by atoms with Gasteiger partial charge in [-0.05, 0) is 48.9 Å². The lowest BCUT2D eigenvalue weighted by molar-refractivity contribution is 0.102. The van der Waals surface area contributed by atoms with E-state index < -0.39 is 17.8 Å². The average Bonchev–Trinajstić information content (AvgIpc) is 3.15. The van der Waals surface area contributed by atoms with E-state index in [1.807, 2.05) is 24.3 Å². The van der Waals surface area contributed by atoms with E-state index in [0.717, 1.165) is 11.6 Å². The Labute approximate surface area is 166 Å². The molecule has 150 valence electrons. The summed E-state index contributed by atoms with van der Waals surface area (Å²) < 4.78 is 24.3. The van der Waals surface area contributed by atoms with Gasteiger partial charge < -0.3 is 25.1 Å². The zero-order chi connectivity index (χ0) is 20.8. The molecule has 3 N–H and O–H groups in total. The van der Waals surface area contributed by atoms with Gasteiger partial charge in [0.25, 0.3) is 5.91 Å². The van der Waals surface area contributed by atoms with Crippen LogP contribution in [0.2, 0.25) is 0 Å². The minimum absolute atomic E-state index is 0.0544. The Hall–Kier alpha value is -3.81. The summed E-state index contributed by atoms with van der Waals surface area (Å²) in [7, 11) is 1.57.